The Labute approximate surface area is 255 Å². The first-order chi connectivity index (χ1) is 21.9. The third kappa shape index (κ3) is 3.68. The van der Waals surface area contributed by atoms with Crippen LogP contribution in [0.2, 0.25) is 0 Å². The molecule has 0 amide bonds. The lowest BCUT2D eigenvalue weighted by Crippen LogP contribution is -1.96. The molecule has 7 aromatic carbocycles. The van der Waals surface area contributed by atoms with Gasteiger partial charge < -0.3 is 9.13 Å². The van der Waals surface area contributed by atoms with E-state index in [0.717, 1.165) is 11.4 Å². The minimum Gasteiger partial charge on any atom is -0.309 e. The molecule has 0 bridgehead atoms. The molecule has 0 aliphatic rings. The van der Waals surface area contributed by atoms with Gasteiger partial charge in [0.1, 0.15) is 0 Å². The molecule has 2 aromatic heterocycles. The van der Waals surface area contributed by atoms with Crippen molar-refractivity contribution in [3.63, 3.8) is 0 Å². The molecule has 0 fully saturated rings. The lowest BCUT2D eigenvalue weighted by Gasteiger charge is -2.13. The molecule has 44 heavy (non-hydrogen) atoms. The van der Waals surface area contributed by atoms with E-state index in [4.69, 9.17) is 0 Å². The molecule has 0 aliphatic heterocycles. The monoisotopic (exact) mass is 560 g/mol. The zero-order chi connectivity index (χ0) is 29.0. The molecule has 0 unspecified atom stereocenters. The van der Waals surface area contributed by atoms with Gasteiger partial charge in [-0.05, 0) is 64.7 Å². The van der Waals surface area contributed by atoms with Crippen LogP contribution in [0, 0.1) is 0 Å². The second-order valence-electron chi connectivity index (χ2n) is 11.4. The smallest absolute Gasteiger partial charge is 0.0647 e. The summed E-state index contributed by atoms with van der Waals surface area (Å²) in [7, 11) is 0. The lowest BCUT2D eigenvalue weighted by molar-refractivity contribution is 1.17. The first-order valence-electron chi connectivity index (χ1n) is 15.1. The van der Waals surface area contributed by atoms with Gasteiger partial charge in [0, 0.05) is 32.9 Å². The van der Waals surface area contributed by atoms with E-state index in [1.54, 1.807) is 0 Å². The third-order valence-corrected chi connectivity index (χ3v) is 8.91. The van der Waals surface area contributed by atoms with Crippen molar-refractivity contribution in [1.82, 2.24) is 9.13 Å². The predicted molar refractivity (Wildman–Crippen MR) is 186 cm³/mol. The number of benzene rings is 7. The maximum atomic E-state index is 2.47. The Balaban J connectivity index is 1.47. The zero-order valence-electron chi connectivity index (χ0n) is 24.1. The van der Waals surface area contributed by atoms with E-state index in [1.165, 1.54) is 65.9 Å². The average Bonchev–Trinajstić information content (AvgIpc) is 3.62. The summed E-state index contributed by atoms with van der Waals surface area (Å²) in [4.78, 5) is 0. The average molecular weight is 561 g/mol. The maximum absolute atomic E-state index is 2.47. The van der Waals surface area contributed by atoms with Crippen molar-refractivity contribution in [2.45, 2.75) is 0 Å². The molecule has 206 valence electrons. The van der Waals surface area contributed by atoms with Crippen LogP contribution in [0.25, 0.3) is 77.2 Å². The highest BCUT2D eigenvalue weighted by Gasteiger charge is 2.23. The summed E-state index contributed by atoms with van der Waals surface area (Å²) >= 11 is 0. The zero-order valence-corrected chi connectivity index (χ0v) is 24.1. The molecule has 0 radical (unpaired) electrons. The fourth-order valence-corrected chi connectivity index (χ4v) is 7.01. The van der Waals surface area contributed by atoms with Crippen molar-refractivity contribution in [3.05, 3.63) is 170 Å². The van der Waals surface area contributed by atoms with Gasteiger partial charge in [-0.1, -0.05) is 127 Å². The van der Waals surface area contributed by atoms with E-state index in [-0.39, 0.29) is 0 Å². The Morgan fingerprint density at radius 1 is 0.318 bits per heavy atom. The summed E-state index contributed by atoms with van der Waals surface area (Å²) in [5.74, 6) is 0. The summed E-state index contributed by atoms with van der Waals surface area (Å²) in [6, 6.07) is 61.3. The maximum Gasteiger partial charge on any atom is 0.0647 e. The van der Waals surface area contributed by atoms with Gasteiger partial charge in [0.15, 0.2) is 0 Å². The quantitative estimate of drug-likeness (QED) is 0.203. The Bertz CT molecular complexity index is 2450. The Morgan fingerprint density at radius 3 is 1.45 bits per heavy atom. The van der Waals surface area contributed by atoms with Crippen LogP contribution < -0.4 is 0 Å². The van der Waals surface area contributed by atoms with E-state index < -0.39 is 0 Å². The highest BCUT2D eigenvalue weighted by atomic mass is 15.0. The summed E-state index contributed by atoms with van der Waals surface area (Å²) < 4.78 is 4.91. The van der Waals surface area contributed by atoms with Crippen LogP contribution in [0.4, 0.5) is 0 Å². The van der Waals surface area contributed by atoms with Gasteiger partial charge in [-0.2, -0.15) is 0 Å². The van der Waals surface area contributed by atoms with E-state index >= 15 is 0 Å². The van der Waals surface area contributed by atoms with Crippen molar-refractivity contribution < 1.29 is 0 Å². The van der Waals surface area contributed by atoms with Gasteiger partial charge in [0.2, 0.25) is 0 Å². The van der Waals surface area contributed by atoms with Crippen LogP contribution in [0.15, 0.2) is 170 Å². The molecule has 0 saturated heterocycles. The van der Waals surface area contributed by atoms with Crippen molar-refractivity contribution >= 4 is 43.6 Å². The fourth-order valence-electron chi connectivity index (χ4n) is 7.01. The second kappa shape index (κ2) is 9.86. The highest BCUT2D eigenvalue weighted by Crippen LogP contribution is 2.46. The summed E-state index contributed by atoms with van der Waals surface area (Å²) in [5.41, 5.74) is 12.1. The predicted octanol–water partition coefficient (Wildman–Crippen LogP) is 11.2. The van der Waals surface area contributed by atoms with Crippen LogP contribution in [0.3, 0.4) is 0 Å². The van der Waals surface area contributed by atoms with Gasteiger partial charge >= 0.3 is 0 Å². The number of rotatable bonds is 4. The fraction of sp³-hybridized carbons (Fsp3) is 0. The van der Waals surface area contributed by atoms with Crippen molar-refractivity contribution in [3.8, 4) is 33.6 Å². The Morgan fingerprint density at radius 2 is 0.795 bits per heavy atom. The third-order valence-electron chi connectivity index (χ3n) is 8.91. The number of nitrogens with zero attached hydrogens (tertiary/aromatic N) is 2. The number of hydrogen-bond donors (Lipinski definition) is 0. The van der Waals surface area contributed by atoms with E-state index in [2.05, 4.69) is 179 Å². The van der Waals surface area contributed by atoms with E-state index in [9.17, 15) is 0 Å². The van der Waals surface area contributed by atoms with E-state index in [0.29, 0.717) is 0 Å². The van der Waals surface area contributed by atoms with Gasteiger partial charge in [-0.3, -0.25) is 0 Å². The van der Waals surface area contributed by atoms with Crippen molar-refractivity contribution in [2.24, 2.45) is 0 Å². The largest absolute Gasteiger partial charge is 0.309 e. The molecule has 2 heterocycles. The molecule has 2 heteroatoms. The standard InChI is InChI=1S/C42H28N2/c1-4-14-29(15-5-1)30-24-26-33(27-25-30)43-37-22-12-11-21-35(37)41-39(43)28-36(31-16-6-2-7-17-31)40-34-20-10-13-23-38(34)44(42(40)41)32-18-8-3-9-19-32/h1-28H. The van der Waals surface area contributed by atoms with Gasteiger partial charge in [-0.15, -0.1) is 0 Å². The molecule has 2 nitrogen and oxygen atoms in total. The molecular weight excluding hydrogens is 532 g/mol. The molecule has 0 N–H and O–H groups in total. The second-order valence-corrected chi connectivity index (χ2v) is 11.4. The first kappa shape index (κ1) is 24.7. The summed E-state index contributed by atoms with van der Waals surface area (Å²) in [5, 5.41) is 5.06. The minimum absolute atomic E-state index is 1.15. The lowest BCUT2D eigenvalue weighted by atomic mass is 9.96. The SMILES string of the molecule is c1ccc(-c2ccc(-n3c4ccccc4c4c3cc(-c3ccccc3)c3c5ccccc5n(-c5ccccc5)c34)cc2)cc1. The summed E-state index contributed by atoms with van der Waals surface area (Å²) in [6.07, 6.45) is 0. The minimum atomic E-state index is 1.15. The molecule has 9 aromatic rings. The molecule has 0 atom stereocenters. The topological polar surface area (TPSA) is 9.86 Å². The molecular formula is C42H28N2. The molecule has 9 rings (SSSR count). The first-order valence-corrected chi connectivity index (χ1v) is 15.1. The Hall–Kier alpha value is -5.86. The number of aromatic nitrogens is 2. The van der Waals surface area contributed by atoms with Crippen molar-refractivity contribution in [2.75, 3.05) is 0 Å². The number of para-hydroxylation sites is 3. The highest BCUT2D eigenvalue weighted by molar-refractivity contribution is 6.29. The van der Waals surface area contributed by atoms with E-state index in [1.807, 2.05) is 0 Å². The normalized spacial score (nSPS) is 11.6. The van der Waals surface area contributed by atoms with Crippen LogP contribution in [0.1, 0.15) is 0 Å². The number of fused-ring (bicyclic) bond motifs is 7. The van der Waals surface area contributed by atoms with Crippen LogP contribution in [-0.2, 0) is 0 Å². The van der Waals surface area contributed by atoms with Gasteiger partial charge in [0.05, 0.1) is 22.1 Å². The molecule has 0 saturated carbocycles. The van der Waals surface area contributed by atoms with Crippen LogP contribution in [0.5, 0.6) is 0 Å². The Kier molecular flexibility index (Phi) is 5.54. The van der Waals surface area contributed by atoms with Gasteiger partial charge in [0.25, 0.3) is 0 Å². The van der Waals surface area contributed by atoms with Crippen LogP contribution in [-0.4, -0.2) is 9.13 Å². The summed E-state index contributed by atoms with van der Waals surface area (Å²) in [6.45, 7) is 0. The number of hydrogen-bond acceptors (Lipinski definition) is 0. The molecule has 0 aliphatic carbocycles. The van der Waals surface area contributed by atoms with Gasteiger partial charge in [-0.25, -0.2) is 0 Å². The van der Waals surface area contributed by atoms with Crippen LogP contribution >= 0.6 is 0 Å². The van der Waals surface area contributed by atoms with Crippen molar-refractivity contribution in [1.29, 1.82) is 0 Å². The molecule has 0 spiro atoms.